The van der Waals surface area contributed by atoms with Gasteiger partial charge >= 0.3 is 0 Å². The standard InChI is InChI=1S/C26H30N4O/c1-4-30(22-10-7-8-19(2)18-22)26(31)21-14-16-29(17-15-21)25-13-12-24(27-28-25)23-11-6-5-9-20(23)3/h5-13,18,21H,4,14-17H2,1-3H3. The first kappa shape index (κ1) is 21.0. The van der Waals surface area contributed by atoms with E-state index in [1.807, 2.05) is 48.2 Å². The molecule has 0 bridgehead atoms. The predicted octanol–water partition coefficient (Wildman–Crippen LogP) is 5.03. The van der Waals surface area contributed by atoms with Gasteiger partial charge in [-0.3, -0.25) is 4.79 Å². The van der Waals surface area contributed by atoms with Crippen molar-refractivity contribution in [1.29, 1.82) is 0 Å². The number of hydrogen-bond donors (Lipinski definition) is 0. The Morgan fingerprint density at radius 1 is 1.00 bits per heavy atom. The van der Waals surface area contributed by atoms with Gasteiger partial charge in [-0.05, 0) is 69.0 Å². The van der Waals surface area contributed by atoms with Gasteiger partial charge in [0.05, 0.1) is 5.69 Å². The van der Waals surface area contributed by atoms with Crippen molar-refractivity contribution in [1.82, 2.24) is 10.2 Å². The van der Waals surface area contributed by atoms with Crippen LogP contribution in [0, 0.1) is 19.8 Å². The highest BCUT2D eigenvalue weighted by molar-refractivity contribution is 5.95. The van der Waals surface area contributed by atoms with Crippen LogP contribution in [-0.2, 0) is 4.79 Å². The van der Waals surface area contributed by atoms with Gasteiger partial charge in [0, 0.05) is 36.8 Å². The summed E-state index contributed by atoms with van der Waals surface area (Å²) in [6.07, 6.45) is 1.67. The number of nitrogens with zero attached hydrogens (tertiary/aromatic N) is 4. The molecule has 0 radical (unpaired) electrons. The summed E-state index contributed by atoms with van der Waals surface area (Å²) in [5.41, 5.74) is 5.36. The molecule has 160 valence electrons. The van der Waals surface area contributed by atoms with E-state index in [0.717, 1.165) is 48.7 Å². The second-order valence-corrected chi connectivity index (χ2v) is 8.27. The maximum Gasteiger partial charge on any atom is 0.230 e. The van der Waals surface area contributed by atoms with Crippen molar-refractivity contribution in [2.24, 2.45) is 5.92 Å². The van der Waals surface area contributed by atoms with Gasteiger partial charge in [-0.15, -0.1) is 10.2 Å². The van der Waals surface area contributed by atoms with Crippen molar-refractivity contribution < 1.29 is 4.79 Å². The van der Waals surface area contributed by atoms with Gasteiger partial charge in [0.2, 0.25) is 5.91 Å². The van der Waals surface area contributed by atoms with E-state index < -0.39 is 0 Å². The third kappa shape index (κ3) is 4.61. The lowest BCUT2D eigenvalue weighted by atomic mass is 9.95. The second kappa shape index (κ2) is 9.29. The van der Waals surface area contributed by atoms with Crippen LogP contribution in [0.4, 0.5) is 11.5 Å². The smallest absolute Gasteiger partial charge is 0.230 e. The van der Waals surface area contributed by atoms with Crippen molar-refractivity contribution in [3.05, 3.63) is 71.8 Å². The molecule has 0 atom stereocenters. The third-order valence-electron chi connectivity index (χ3n) is 6.14. The number of carbonyl (C=O) groups is 1. The van der Waals surface area contributed by atoms with Gasteiger partial charge in [0.25, 0.3) is 0 Å². The van der Waals surface area contributed by atoms with Crippen molar-refractivity contribution in [3.8, 4) is 11.3 Å². The highest BCUT2D eigenvalue weighted by atomic mass is 16.2. The molecule has 2 heterocycles. The fraction of sp³-hybridized carbons (Fsp3) is 0.346. The summed E-state index contributed by atoms with van der Waals surface area (Å²) in [5.74, 6) is 1.17. The van der Waals surface area contributed by atoms with E-state index in [-0.39, 0.29) is 11.8 Å². The molecule has 1 aliphatic rings. The van der Waals surface area contributed by atoms with E-state index in [1.165, 1.54) is 11.1 Å². The lowest BCUT2D eigenvalue weighted by Gasteiger charge is -2.34. The Balaban J connectivity index is 1.40. The lowest BCUT2D eigenvalue weighted by molar-refractivity contribution is -0.122. The Morgan fingerprint density at radius 2 is 1.77 bits per heavy atom. The number of carbonyl (C=O) groups excluding carboxylic acids is 1. The number of benzene rings is 2. The number of aromatic nitrogens is 2. The molecule has 4 rings (SSSR count). The Kier molecular flexibility index (Phi) is 6.31. The van der Waals surface area contributed by atoms with Gasteiger partial charge < -0.3 is 9.80 Å². The molecule has 0 spiro atoms. The number of anilines is 2. The Hall–Kier alpha value is -3.21. The van der Waals surface area contributed by atoms with Crippen LogP contribution in [0.15, 0.2) is 60.7 Å². The van der Waals surface area contributed by atoms with E-state index in [0.29, 0.717) is 6.54 Å². The molecule has 31 heavy (non-hydrogen) atoms. The van der Waals surface area contributed by atoms with Crippen LogP contribution in [0.25, 0.3) is 11.3 Å². The number of amides is 1. The van der Waals surface area contributed by atoms with Crippen LogP contribution >= 0.6 is 0 Å². The minimum atomic E-state index is 0.0518. The first-order chi connectivity index (χ1) is 15.1. The first-order valence-electron chi connectivity index (χ1n) is 11.1. The summed E-state index contributed by atoms with van der Waals surface area (Å²) >= 11 is 0. The quantitative estimate of drug-likeness (QED) is 0.588. The van der Waals surface area contributed by atoms with Crippen LogP contribution in [-0.4, -0.2) is 35.7 Å². The number of rotatable bonds is 5. The zero-order chi connectivity index (χ0) is 21.8. The van der Waals surface area contributed by atoms with Gasteiger partial charge in [-0.25, -0.2) is 0 Å². The predicted molar refractivity (Wildman–Crippen MR) is 126 cm³/mol. The molecule has 1 aliphatic heterocycles. The topological polar surface area (TPSA) is 49.3 Å². The lowest BCUT2D eigenvalue weighted by Crippen LogP contribution is -2.43. The van der Waals surface area contributed by atoms with Gasteiger partial charge in [-0.1, -0.05) is 36.4 Å². The van der Waals surface area contributed by atoms with Crippen LogP contribution in [0.1, 0.15) is 30.9 Å². The van der Waals surface area contributed by atoms with Crippen LogP contribution < -0.4 is 9.80 Å². The Labute approximate surface area is 184 Å². The summed E-state index contributed by atoms with van der Waals surface area (Å²) < 4.78 is 0. The maximum absolute atomic E-state index is 13.2. The highest BCUT2D eigenvalue weighted by Crippen LogP contribution is 2.27. The Morgan fingerprint density at radius 3 is 2.42 bits per heavy atom. The van der Waals surface area contributed by atoms with E-state index in [2.05, 4.69) is 53.2 Å². The van der Waals surface area contributed by atoms with E-state index >= 15 is 0 Å². The fourth-order valence-electron chi connectivity index (χ4n) is 4.34. The van der Waals surface area contributed by atoms with E-state index in [9.17, 15) is 4.79 Å². The fourth-order valence-corrected chi connectivity index (χ4v) is 4.34. The average molecular weight is 415 g/mol. The normalized spacial score (nSPS) is 14.5. The highest BCUT2D eigenvalue weighted by Gasteiger charge is 2.29. The molecule has 5 heteroatoms. The summed E-state index contributed by atoms with van der Waals surface area (Å²) in [7, 11) is 0. The monoisotopic (exact) mass is 414 g/mol. The van der Waals surface area contributed by atoms with Crippen molar-refractivity contribution >= 4 is 17.4 Å². The first-order valence-corrected chi connectivity index (χ1v) is 11.1. The van der Waals surface area contributed by atoms with Crippen molar-refractivity contribution in [2.45, 2.75) is 33.6 Å². The average Bonchev–Trinajstić information content (AvgIpc) is 2.80. The molecular weight excluding hydrogens is 384 g/mol. The maximum atomic E-state index is 13.2. The molecule has 1 fully saturated rings. The molecule has 0 unspecified atom stereocenters. The number of piperidine rings is 1. The summed E-state index contributed by atoms with van der Waals surface area (Å²) in [6, 6.07) is 20.5. The molecule has 0 saturated carbocycles. The van der Waals surface area contributed by atoms with E-state index in [1.54, 1.807) is 0 Å². The zero-order valence-corrected chi connectivity index (χ0v) is 18.6. The van der Waals surface area contributed by atoms with Gasteiger partial charge in [0.1, 0.15) is 0 Å². The van der Waals surface area contributed by atoms with Crippen molar-refractivity contribution in [2.75, 3.05) is 29.4 Å². The molecule has 1 aromatic heterocycles. The molecule has 0 aliphatic carbocycles. The molecule has 1 amide bonds. The molecular formula is C26H30N4O. The second-order valence-electron chi connectivity index (χ2n) is 8.27. The molecule has 3 aromatic rings. The van der Waals surface area contributed by atoms with Crippen molar-refractivity contribution in [3.63, 3.8) is 0 Å². The number of hydrogen-bond acceptors (Lipinski definition) is 4. The molecule has 1 saturated heterocycles. The Bertz CT molecular complexity index is 1040. The summed E-state index contributed by atoms with van der Waals surface area (Å²) in [4.78, 5) is 17.4. The zero-order valence-electron chi connectivity index (χ0n) is 18.6. The third-order valence-corrected chi connectivity index (χ3v) is 6.14. The SMILES string of the molecule is CCN(C(=O)C1CCN(c2ccc(-c3ccccc3C)nn2)CC1)c1cccc(C)c1. The van der Waals surface area contributed by atoms with E-state index in [4.69, 9.17) is 0 Å². The molecule has 5 nitrogen and oxygen atoms in total. The molecule has 2 aromatic carbocycles. The largest absolute Gasteiger partial charge is 0.355 e. The minimum absolute atomic E-state index is 0.0518. The van der Waals surface area contributed by atoms with Gasteiger partial charge in [0.15, 0.2) is 5.82 Å². The molecule has 0 N–H and O–H groups in total. The van der Waals surface area contributed by atoms with Crippen LogP contribution in [0.2, 0.25) is 0 Å². The van der Waals surface area contributed by atoms with Crippen LogP contribution in [0.3, 0.4) is 0 Å². The number of aryl methyl sites for hydroxylation is 2. The summed E-state index contributed by atoms with van der Waals surface area (Å²) in [6.45, 7) is 8.52. The minimum Gasteiger partial charge on any atom is -0.355 e. The summed E-state index contributed by atoms with van der Waals surface area (Å²) in [5, 5.41) is 8.94. The van der Waals surface area contributed by atoms with Crippen LogP contribution in [0.5, 0.6) is 0 Å². The van der Waals surface area contributed by atoms with Gasteiger partial charge in [-0.2, -0.15) is 0 Å².